The topological polar surface area (TPSA) is 117 Å². The second kappa shape index (κ2) is 8.93. The highest BCUT2D eigenvalue weighted by atomic mass is 35.5. The number of fused-ring (bicyclic) bond motifs is 1. The maximum Gasteiger partial charge on any atom is 0.261 e. The molecule has 0 aliphatic carbocycles. The number of anilines is 1. The molecule has 1 saturated heterocycles. The fourth-order valence-electron chi connectivity index (χ4n) is 3.56. The predicted molar refractivity (Wildman–Crippen MR) is 123 cm³/mol. The molecule has 32 heavy (non-hydrogen) atoms. The molecule has 4 rings (SSSR count). The van der Waals surface area contributed by atoms with Crippen LogP contribution in [-0.4, -0.2) is 38.6 Å². The molecule has 3 aromatic rings. The Balaban J connectivity index is 1.63. The van der Waals surface area contributed by atoms with Gasteiger partial charge in [0.2, 0.25) is 5.43 Å². The first-order valence-corrected chi connectivity index (χ1v) is 12.0. The van der Waals surface area contributed by atoms with Gasteiger partial charge in [-0.05, 0) is 55.7 Å². The second-order valence-corrected chi connectivity index (χ2v) is 9.69. The van der Waals surface area contributed by atoms with Gasteiger partial charge in [-0.2, -0.15) is 0 Å². The Labute approximate surface area is 190 Å². The number of sulfonamides is 1. The first kappa shape index (κ1) is 22.3. The molecule has 0 radical (unpaired) electrons. The molecule has 2 aromatic carbocycles. The minimum absolute atomic E-state index is 0.0590. The molecule has 0 spiro atoms. The number of benzene rings is 2. The summed E-state index contributed by atoms with van der Waals surface area (Å²) in [6.45, 7) is 2.68. The number of H-pyrrole nitrogens is 1. The van der Waals surface area contributed by atoms with Crippen LogP contribution in [-0.2, 0) is 14.8 Å². The molecule has 8 nitrogen and oxygen atoms in total. The Bertz CT molecular complexity index is 1350. The van der Waals surface area contributed by atoms with Crippen molar-refractivity contribution in [3.63, 3.8) is 0 Å². The summed E-state index contributed by atoms with van der Waals surface area (Å²) in [5, 5.41) is 3.24. The van der Waals surface area contributed by atoms with Gasteiger partial charge in [-0.15, -0.1) is 0 Å². The zero-order valence-electron chi connectivity index (χ0n) is 17.3. The molecule has 1 aliphatic heterocycles. The minimum Gasteiger partial charge on any atom is -0.376 e. The van der Waals surface area contributed by atoms with Gasteiger partial charge in [-0.1, -0.05) is 17.7 Å². The molecule has 0 saturated carbocycles. The highest BCUT2D eigenvalue weighted by molar-refractivity contribution is 7.92. The zero-order valence-corrected chi connectivity index (χ0v) is 18.8. The molecule has 10 heteroatoms. The first-order chi connectivity index (χ1) is 15.3. The van der Waals surface area contributed by atoms with Gasteiger partial charge in [0, 0.05) is 35.3 Å². The van der Waals surface area contributed by atoms with Crippen molar-refractivity contribution in [2.45, 2.75) is 30.8 Å². The van der Waals surface area contributed by atoms with Crippen LogP contribution >= 0.6 is 11.6 Å². The molecule has 1 amide bonds. The highest BCUT2D eigenvalue weighted by Crippen LogP contribution is 2.26. The van der Waals surface area contributed by atoms with Gasteiger partial charge in [0.25, 0.3) is 15.9 Å². The highest BCUT2D eigenvalue weighted by Gasteiger charge is 2.21. The van der Waals surface area contributed by atoms with Crippen LogP contribution in [0.1, 0.15) is 28.8 Å². The molecular formula is C22H22ClN3O5S. The van der Waals surface area contributed by atoms with Gasteiger partial charge in [0.15, 0.2) is 0 Å². The van der Waals surface area contributed by atoms with E-state index in [1.54, 1.807) is 25.1 Å². The third-order valence-electron chi connectivity index (χ3n) is 5.43. The van der Waals surface area contributed by atoms with E-state index in [9.17, 15) is 18.0 Å². The van der Waals surface area contributed by atoms with E-state index in [1.807, 2.05) is 0 Å². The Morgan fingerprint density at radius 1 is 1.28 bits per heavy atom. The molecule has 1 aromatic heterocycles. The van der Waals surface area contributed by atoms with Gasteiger partial charge < -0.3 is 15.0 Å². The van der Waals surface area contributed by atoms with Crippen molar-refractivity contribution < 1.29 is 17.9 Å². The third kappa shape index (κ3) is 4.50. The molecule has 0 bridgehead atoms. The van der Waals surface area contributed by atoms with Crippen molar-refractivity contribution >= 4 is 44.1 Å². The maximum atomic E-state index is 13.0. The smallest absolute Gasteiger partial charge is 0.261 e. The lowest BCUT2D eigenvalue weighted by atomic mass is 10.1. The van der Waals surface area contributed by atoms with Crippen LogP contribution in [0.3, 0.4) is 0 Å². The van der Waals surface area contributed by atoms with Gasteiger partial charge in [-0.3, -0.25) is 14.3 Å². The van der Waals surface area contributed by atoms with Crippen LogP contribution in [0, 0.1) is 6.92 Å². The summed E-state index contributed by atoms with van der Waals surface area (Å²) in [4.78, 5) is 28.3. The van der Waals surface area contributed by atoms with E-state index >= 15 is 0 Å². The summed E-state index contributed by atoms with van der Waals surface area (Å²) < 4.78 is 33.8. The number of hydrogen-bond donors (Lipinski definition) is 3. The molecule has 1 aliphatic rings. The summed E-state index contributed by atoms with van der Waals surface area (Å²) in [5.41, 5.74) is 0.696. The monoisotopic (exact) mass is 475 g/mol. The van der Waals surface area contributed by atoms with Crippen molar-refractivity contribution in [3.8, 4) is 0 Å². The number of pyridine rings is 1. The molecule has 0 unspecified atom stereocenters. The van der Waals surface area contributed by atoms with Crippen molar-refractivity contribution in [2.75, 3.05) is 17.9 Å². The Kier molecular flexibility index (Phi) is 6.23. The number of rotatable bonds is 6. The number of halogens is 1. The molecule has 168 valence electrons. The lowest BCUT2D eigenvalue weighted by Crippen LogP contribution is -2.34. The van der Waals surface area contributed by atoms with Crippen molar-refractivity contribution in [1.82, 2.24) is 10.3 Å². The van der Waals surface area contributed by atoms with E-state index in [2.05, 4.69) is 15.0 Å². The molecule has 1 atom stereocenters. The number of carbonyl (C=O) groups excluding carboxylic acids is 1. The SMILES string of the molecule is Cc1c(Cl)cccc1NS(=O)(=O)c1ccc2[nH]cc(C(=O)NC[C@H]3CCCO3)c(=O)c2c1. The average Bonchev–Trinajstić information content (AvgIpc) is 3.29. The molecule has 3 N–H and O–H groups in total. The van der Waals surface area contributed by atoms with Crippen molar-refractivity contribution in [2.24, 2.45) is 0 Å². The number of nitrogens with one attached hydrogen (secondary N) is 3. The van der Waals surface area contributed by atoms with Gasteiger partial charge in [0.1, 0.15) is 5.56 Å². The molecule has 2 heterocycles. The van der Waals surface area contributed by atoms with Crippen LogP contribution < -0.4 is 15.5 Å². The summed E-state index contributed by atoms with van der Waals surface area (Å²) in [6, 6.07) is 9.04. The van der Waals surface area contributed by atoms with Crippen LogP contribution in [0.25, 0.3) is 10.9 Å². The number of hydrogen-bond acceptors (Lipinski definition) is 5. The largest absolute Gasteiger partial charge is 0.376 e. The predicted octanol–water partition coefficient (Wildman–Crippen LogP) is 3.20. The minimum atomic E-state index is -3.99. The summed E-state index contributed by atoms with van der Waals surface area (Å²) in [5.74, 6) is -0.537. The first-order valence-electron chi connectivity index (χ1n) is 10.1. The Morgan fingerprint density at radius 2 is 2.09 bits per heavy atom. The molecular weight excluding hydrogens is 454 g/mol. The van der Waals surface area contributed by atoms with Crippen LogP contribution in [0.4, 0.5) is 5.69 Å². The third-order valence-corrected chi connectivity index (χ3v) is 7.21. The zero-order chi connectivity index (χ0) is 22.9. The van der Waals surface area contributed by atoms with Gasteiger partial charge >= 0.3 is 0 Å². The Hall–Kier alpha value is -2.88. The number of aromatic amines is 1. The molecule has 1 fully saturated rings. The summed E-state index contributed by atoms with van der Waals surface area (Å²) >= 11 is 6.08. The lowest BCUT2D eigenvalue weighted by Gasteiger charge is -2.12. The fraction of sp³-hybridized carbons (Fsp3) is 0.273. The van der Waals surface area contributed by atoms with Crippen LogP contribution in [0.5, 0.6) is 0 Å². The van der Waals surface area contributed by atoms with Crippen LogP contribution in [0.2, 0.25) is 5.02 Å². The van der Waals surface area contributed by atoms with Crippen LogP contribution in [0.15, 0.2) is 52.3 Å². The van der Waals surface area contributed by atoms with E-state index in [-0.39, 0.29) is 21.9 Å². The fourth-order valence-corrected chi connectivity index (χ4v) is 4.89. The lowest BCUT2D eigenvalue weighted by molar-refractivity contribution is 0.0857. The summed E-state index contributed by atoms with van der Waals surface area (Å²) in [7, 11) is -3.99. The van der Waals surface area contributed by atoms with E-state index in [0.29, 0.717) is 34.9 Å². The van der Waals surface area contributed by atoms with E-state index in [0.717, 1.165) is 12.8 Å². The Morgan fingerprint density at radius 3 is 2.84 bits per heavy atom. The maximum absolute atomic E-state index is 13.0. The number of aromatic nitrogens is 1. The van der Waals surface area contributed by atoms with E-state index < -0.39 is 21.4 Å². The summed E-state index contributed by atoms with van der Waals surface area (Å²) in [6.07, 6.45) is 3.07. The standard InChI is InChI=1S/C22H22ClN3O5S/c1-13-18(23)5-2-6-19(13)26-32(29,30)15-7-8-20-16(10-15)21(27)17(12-24-20)22(28)25-11-14-4-3-9-31-14/h2,5-8,10,12,14,26H,3-4,9,11H2,1H3,(H,24,27)(H,25,28)/t14-/m1/s1. The van der Waals surface area contributed by atoms with E-state index in [4.69, 9.17) is 16.3 Å². The number of ether oxygens (including phenoxy) is 1. The van der Waals surface area contributed by atoms with Crippen molar-refractivity contribution in [1.29, 1.82) is 0 Å². The number of amides is 1. The van der Waals surface area contributed by atoms with Gasteiger partial charge in [0.05, 0.1) is 16.7 Å². The normalized spacial score (nSPS) is 16.2. The van der Waals surface area contributed by atoms with Crippen molar-refractivity contribution in [3.05, 3.63) is 69.0 Å². The van der Waals surface area contributed by atoms with E-state index in [1.165, 1.54) is 24.4 Å². The second-order valence-electron chi connectivity index (χ2n) is 7.60. The number of carbonyl (C=O) groups is 1. The average molecular weight is 476 g/mol. The van der Waals surface area contributed by atoms with Gasteiger partial charge in [-0.25, -0.2) is 8.42 Å². The quantitative estimate of drug-likeness (QED) is 0.506.